The number of piperidine rings is 1. The van der Waals surface area contributed by atoms with Gasteiger partial charge >= 0.3 is 6.18 Å². The van der Waals surface area contributed by atoms with Crippen molar-refractivity contribution in [3.05, 3.63) is 28.2 Å². The maximum Gasteiger partial charge on any atom is 0.393 e. The van der Waals surface area contributed by atoms with Gasteiger partial charge in [-0.2, -0.15) is 18.3 Å². The zero-order valence-corrected chi connectivity index (χ0v) is 13.2. The summed E-state index contributed by atoms with van der Waals surface area (Å²) in [6.07, 6.45) is -3.54. The lowest BCUT2D eigenvalue weighted by Gasteiger charge is -2.33. The van der Waals surface area contributed by atoms with Crippen LogP contribution in [0.4, 0.5) is 13.2 Å². The van der Waals surface area contributed by atoms with Gasteiger partial charge in [-0.3, -0.25) is 9.69 Å². The Bertz CT molecular complexity index is 575. The third-order valence-electron chi connectivity index (χ3n) is 3.94. The highest BCUT2D eigenvalue weighted by atomic mass is 19.4. The summed E-state index contributed by atoms with van der Waals surface area (Å²) >= 11 is 0. The Balaban J connectivity index is 2.15. The maximum absolute atomic E-state index is 12.8. The molecule has 1 saturated heterocycles. The number of likely N-dealkylation sites (tertiary alicyclic amines) is 1. The van der Waals surface area contributed by atoms with E-state index < -0.39 is 12.1 Å². The zero-order valence-electron chi connectivity index (χ0n) is 13.2. The van der Waals surface area contributed by atoms with E-state index in [4.69, 9.17) is 0 Å². The van der Waals surface area contributed by atoms with Crippen molar-refractivity contribution in [2.75, 3.05) is 13.1 Å². The molecule has 0 amide bonds. The molecule has 0 N–H and O–H groups in total. The van der Waals surface area contributed by atoms with E-state index in [0.29, 0.717) is 13.0 Å². The second kappa shape index (κ2) is 6.02. The molecular formula is C15H22F3N3O. The zero-order chi connectivity index (χ0) is 16.5. The molecule has 1 aromatic rings. The van der Waals surface area contributed by atoms with Crippen molar-refractivity contribution in [1.82, 2.24) is 14.7 Å². The van der Waals surface area contributed by atoms with Crippen molar-refractivity contribution in [3.63, 3.8) is 0 Å². The van der Waals surface area contributed by atoms with Gasteiger partial charge in [0.1, 0.15) is 0 Å². The average molecular weight is 317 g/mol. The normalized spacial score (nSPS) is 21.1. The third kappa shape index (κ3) is 4.09. The molecule has 1 fully saturated rings. The first kappa shape index (κ1) is 17.0. The quantitative estimate of drug-likeness (QED) is 0.842. The fourth-order valence-corrected chi connectivity index (χ4v) is 2.59. The Morgan fingerprint density at radius 1 is 1.27 bits per heavy atom. The molecule has 0 aromatic carbocycles. The van der Waals surface area contributed by atoms with Gasteiger partial charge in [-0.05, 0) is 25.5 Å². The maximum atomic E-state index is 12.8. The fraction of sp³-hybridized carbons (Fsp3) is 0.733. The molecule has 124 valence electrons. The largest absolute Gasteiger partial charge is 0.393 e. The summed E-state index contributed by atoms with van der Waals surface area (Å²) in [7, 11) is 0. The average Bonchev–Trinajstić information content (AvgIpc) is 2.39. The first-order valence-corrected chi connectivity index (χ1v) is 7.45. The topological polar surface area (TPSA) is 38.1 Å². The highest BCUT2D eigenvalue weighted by Crippen LogP contribution is 2.33. The van der Waals surface area contributed by atoms with Crippen molar-refractivity contribution >= 4 is 0 Å². The molecule has 1 atom stereocenters. The molecule has 22 heavy (non-hydrogen) atoms. The molecule has 0 bridgehead atoms. The van der Waals surface area contributed by atoms with Crippen molar-refractivity contribution in [1.29, 1.82) is 0 Å². The van der Waals surface area contributed by atoms with E-state index in [1.165, 1.54) is 10.7 Å². The molecule has 0 spiro atoms. The van der Waals surface area contributed by atoms with Crippen LogP contribution in [-0.4, -0.2) is 33.9 Å². The third-order valence-corrected chi connectivity index (χ3v) is 3.94. The van der Waals surface area contributed by atoms with Gasteiger partial charge in [-0.25, -0.2) is 4.68 Å². The summed E-state index contributed by atoms with van der Waals surface area (Å²) < 4.78 is 39.8. The smallest absolute Gasteiger partial charge is 0.284 e. The molecule has 1 aromatic heterocycles. The van der Waals surface area contributed by atoms with Crippen molar-refractivity contribution < 1.29 is 13.2 Å². The first-order valence-electron chi connectivity index (χ1n) is 7.45. The van der Waals surface area contributed by atoms with E-state index >= 15 is 0 Å². The Kier molecular flexibility index (Phi) is 4.65. The minimum atomic E-state index is -4.18. The SMILES string of the molecule is CC(C)(C)c1ccc(=O)n(CN2CCC[C@H](C(F)(F)F)C2)n1. The number of alkyl halides is 3. The van der Waals surface area contributed by atoms with Gasteiger partial charge in [-0.15, -0.1) is 0 Å². The van der Waals surface area contributed by atoms with Crippen LogP contribution in [0.1, 0.15) is 39.3 Å². The van der Waals surface area contributed by atoms with E-state index in [1.54, 1.807) is 11.0 Å². The van der Waals surface area contributed by atoms with Crippen LogP contribution in [0, 0.1) is 5.92 Å². The van der Waals surface area contributed by atoms with Gasteiger partial charge in [0.25, 0.3) is 5.56 Å². The highest BCUT2D eigenvalue weighted by Gasteiger charge is 2.41. The van der Waals surface area contributed by atoms with Crippen LogP contribution in [-0.2, 0) is 12.1 Å². The summed E-state index contributed by atoms with van der Waals surface area (Å²) in [5.74, 6) is -1.32. The van der Waals surface area contributed by atoms with Crippen molar-refractivity contribution in [2.24, 2.45) is 5.92 Å². The summed E-state index contributed by atoms with van der Waals surface area (Å²) in [4.78, 5) is 13.6. The molecule has 0 saturated carbocycles. The molecule has 1 aliphatic rings. The Morgan fingerprint density at radius 3 is 2.55 bits per heavy atom. The molecule has 2 heterocycles. The van der Waals surface area contributed by atoms with E-state index in [0.717, 1.165) is 5.69 Å². The minimum absolute atomic E-state index is 0.0721. The van der Waals surface area contributed by atoms with Crippen LogP contribution in [0.15, 0.2) is 16.9 Å². The van der Waals surface area contributed by atoms with Gasteiger partial charge in [0, 0.05) is 18.0 Å². The lowest BCUT2D eigenvalue weighted by molar-refractivity contribution is -0.188. The van der Waals surface area contributed by atoms with Crippen LogP contribution in [0.25, 0.3) is 0 Å². The number of hydrogen-bond acceptors (Lipinski definition) is 3. The van der Waals surface area contributed by atoms with Crippen molar-refractivity contribution in [2.45, 2.75) is 51.9 Å². The van der Waals surface area contributed by atoms with Crippen LogP contribution >= 0.6 is 0 Å². The minimum Gasteiger partial charge on any atom is -0.284 e. The van der Waals surface area contributed by atoms with Crippen LogP contribution in [0.3, 0.4) is 0 Å². The fourth-order valence-electron chi connectivity index (χ4n) is 2.59. The lowest BCUT2D eigenvalue weighted by atomic mass is 9.92. The van der Waals surface area contributed by atoms with Gasteiger partial charge in [0.15, 0.2) is 0 Å². The molecule has 7 heteroatoms. The molecule has 0 aliphatic carbocycles. The van der Waals surface area contributed by atoms with Crippen LogP contribution in [0.2, 0.25) is 0 Å². The second-order valence-corrected chi connectivity index (χ2v) is 6.91. The number of nitrogens with zero attached hydrogens (tertiary/aromatic N) is 3. The predicted molar refractivity (Wildman–Crippen MR) is 77.5 cm³/mol. The monoisotopic (exact) mass is 317 g/mol. The van der Waals surface area contributed by atoms with Gasteiger partial charge in [-0.1, -0.05) is 20.8 Å². The molecule has 0 unspecified atom stereocenters. The Labute approximate surface area is 127 Å². The molecule has 1 aliphatic heterocycles. The standard InChI is InChI=1S/C15H22F3N3O/c1-14(2,3)12-6-7-13(22)21(19-12)10-20-8-4-5-11(9-20)15(16,17)18/h6-7,11H,4-5,8-10H2,1-3H3/t11-/m0/s1. The van der Waals surface area contributed by atoms with E-state index in [-0.39, 0.29) is 30.6 Å². The van der Waals surface area contributed by atoms with Gasteiger partial charge in [0.2, 0.25) is 0 Å². The summed E-state index contributed by atoms with van der Waals surface area (Å²) in [5, 5.41) is 4.31. The predicted octanol–water partition coefficient (Wildman–Crippen LogP) is 2.77. The highest BCUT2D eigenvalue weighted by molar-refractivity contribution is 5.10. The number of rotatable bonds is 2. The lowest BCUT2D eigenvalue weighted by Crippen LogP contribution is -2.44. The summed E-state index contributed by atoms with van der Waals surface area (Å²) in [6, 6.07) is 3.10. The molecular weight excluding hydrogens is 295 g/mol. The first-order chi connectivity index (χ1) is 10.1. The number of aromatic nitrogens is 2. The van der Waals surface area contributed by atoms with E-state index in [2.05, 4.69) is 5.10 Å². The van der Waals surface area contributed by atoms with E-state index in [1.807, 2.05) is 20.8 Å². The molecule has 4 nitrogen and oxygen atoms in total. The molecule has 2 rings (SSSR count). The Morgan fingerprint density at radius 2 is 1.95 bits per heavy atom. The number of hydrogen-bond donors (Lipinski definition) is 0. The van der Waals surface area contributed by atoms with E-state index in [9.17, 15) is 18.0 Å². The van der Waals surface area contributed by atoms with Crippen molar-refractivity contribution in [3.8, 4) is 0 Å². The van der Waals surface area contributed by atoms with Gasteiger partial charge < -0.3 is 0 Å². The molecule has 0 radical (unpaired) electrons. The van der Waals surface area contributed by atoms with Crippen LogP contribution < -0.4 is 5.56 Å². The number of halogens is 3. The summed E-state index contributed by atoms with van der Waals surface area (Å²) in [6.45, 7) is 6.52. The second-order valence-electron chi connectivity index (χ2n) is 6.91. The van der Waals surface area contributed by atoms with Gasteiger partial charge in [0.05, 0.1) is 18.3 Å². The summed E-state index contributed by atoms with van der Waals surface area (Å²) in [5.41, 5.74) is 0.241. The van der Waals surface area contributed by atoms with Crippen LogP contribution in [0.5, 0.6) is 0 Å². The Hall–Kier alpha value is -1.37.